The van der Waals surface area contributed by atoms with Crippen molar-refractivity contribution in [2.24, 2.45) is 5.92 Å². The zero-order chi connectivity index (χ0) is 14.8. The van der Waals surface area contributed by atoms with Gasteiger partial charge in [0.05, 0.1) is 19.1 Å². The van der Waals surface area contributed by atoms with Gasteiger partial charge >= 0.3 is 12.1 Å². The second-order valence-corrected chi connectivity index (χ2v) is 5.65. The van der Waals surface area contributed by atoms with Gasteiger partial charge in [-0.2, -0.15) is 0 Å². The monoisotopic (exact) mass is 279 g/mol. The molecule has 1 aliphatic rings. The van der Waals surface area contributed by atoms with E-state index in [1.165, 1.54) is 0 Å². The Morgan fingerprint density at radius 3 is 2.32 bits per heavy atom. The predicted octanol–water partition coefficient (Wildman–Crippen LogP) is 2.10. The van der Waals surface area contributed by atoms with Gasteiger partial charge in [-0.25, -0.2) is 13.6 Å². The molecule has 5 nitrogen and oxygen atoms in total. The molecule has 0 radical (unpaired) electrons. The maximum absolute atomic E-state index is 13.3. The van der Waals surface area contributed by atoms with E-state index in [2.05, 4.69) is 10.1 Å². The number of esters is 1. The standard InChI is InChI=1S/C12H19F2NO4/c1-11(2,3)19-10(17)15-8-6-12(13,14)5-7(8)9(16)18-4/h7-8H,5-6H2,1-4H3,(H,15,17). The summed E-state index contributed by atoms with van der Waals surface area (Å²) in [5.41, 5.74) is -0.730. The van der Waals surface area contributed by atoms with E-state index in [1.807, 2.05) is 0 Å². The van der Waals surface area contributed by atoms with Crippen molar-refractivity contribution in [3.05, 3.63) is 0 Å². The van der Waals surface area contributed by atoms with Crippen molar-refractivity contribution in [1.82, 2.24) is 5.32 Å². The lowest BCUT2D eigenvalue weighted by molar-refractivity contribution is -0.146. The Balaban J connectivity index is 2.69. The molecule has 1 saturated carbocycles. The van der Waals surface area contributed by atoms with Crippen molar-refractivity contribution >= 4 is 12.1 Å². The van der Waals surface area contributed by atoms with Crippen LogP contribution in [-0.4, -0.2) is 36.7 Å². The molecule has 0 aliphatic heterocycles. The van der Waals surface area contributed by atoms with Gasteiger partial charge in [-0.1, -0.05) is 0 Å². The summed E-state index contributed by atoms with van der Waals surface area (Å²) >= 11 is 0. The molecule has 0 aromatic heterocycles. The Bertz CT molecular complexity index is 365. The van der Waals surface area contributed by atoms with Crippen LogP contribution in [0.4, 0.5) is 13.6 Å². The molecule has 2 atom stereocenters. The molecule has 0 aromatic rings. The Morgan fingerprint density at radius 1 is 1.26 bits per heavy atom. The molecule has 1 N–H and O–H groups in total. The van der Waals surface area contributed by atoms with E-state index in [0.29, 0.717) is 0 Å². The number of halogens is 2. The quantitative estimate of drug-likeness (QED) is 0.786. The first kappa shape index (κ1) is 15.7. The molecular weight excluding hydrogens is 260 g/mol. The Hall–Kier alpha value is -1.40. The lowest BCUT2D eigenvalue weighted by Crippen LogP contribution is -2.43. The number of methoxy groups -OCH3 is 1. The zero-order valence-electron chi connectivity index (χ0n) is 11.5. The summed E-state index contributed by atoms with van der Waals surface area (Å²) in [6.45, 7) is 4.98. The van der Waals surface area contributed by atoms with Crippen LogP contribution in [0.2, 0.25) is 0 Å². The van der Waals surface area contributed by atoms with Crippen LogP contribution in [0.1, 0.15) is 33.6 Å². The van der Waals surface area contributed by atoms with Crippen LogP contribution in [0.15, 0.2) is 0 Å². The molecule has 1 rings (SSSR count). The minimum atomic E-state index is -2.99. The summed E-state index contributed by atoms with van der Waals surface area (Å²) in [4.78, 5) is 23.0. The van der Waals surface area contributed by atoms with Crippen LogP contribution >= 0.6 is 0 Å². The van der Waals surface area contributed by atoms with Crippen molar-refractivity contribution < 1.29 is 27.8 Å². The zero-order valence-corrected chi connectivity index (χ0v) is 11.5. The molecule has 0 heterocycles. The number of alkyl halides is 2. The van der Waals surface area contributed by atoms with E-state index in [9.17, 15) is 18.4 Å². The molecule has 0 saturated heterocycles. The number of hydrogen-bond donors (Lipinski definition) is 1. The molecular formula is C12H19F2NO4. The highest BCUT2D eigenvalue weighted by Gasteiger charge is 2.50. The van der Waals surface area contributed by atoms with E-state index in [1.54, 1.807) is 20.8 Å². The fourth-order valence-electron chi connectivity index (χ4n) is 2.02. The third-order valence-corrected chi connectivity index (χ3v) is 2.73. The second-order valence-electron chi connectivity index (χ2n) is 5.65. The lowest BCUT2D eigenvalue weighted by atomic mass is 10.0. The first-order valence-electron chi connectivity index (χ1n) is 5.99. The molecule has 0 spiro atoms. The molecule has 110 valence electrons. The van der Waals surface area contributed by atoms with Crippen molar-refractivity contribution in [1.29, 1.82) is 0 Å². The van der Waals surface area contributed by atoms with Crippen LogP contribution in [0.3, 0.4) is 0 Å². The largest absolute Gasteiger partial charge is 0.469 e. The number of nitrogens with one attached hydrogen (secondary N) is 1. The van der Waals surface area contributed by atoms with E-state index in [0.717, 1.165) is 7.11 Å². The molecule has 1 amide bonds. The van der Waals surface area contributed by atoms with Gasteiger partial charge in [0.1, 0.15) is 5.60 Å². The Kier molecular flexibility index (Phi) is 4.37. The SMILES string of the molecule is COC(=O)C1CC(F)(F)CC1NC(=O)OC(C)(C)C. The van der Waals surface area contributed by atoms with Crippen molar-refractivity contribution in [2.45, 2.75) is 51.2 Å². The maximum atomic E-state index is 13.3. The Morgan fingerprint density at radius 2 is 1.84 bits per heavy atom. The van der Waals surface area contributed by atoms with Gasteiger partial charge in [-0.05, 0) is 20.8 Å². The molecule has 19 heavy (non-hydrogen) atoms. The van der Waals surface area contributed by atoms with Gasteiger partial charge in [0.2, 0.25) is 0 Å². The minimum absolute atomic E-state index is 0.591. The highest BCUT2D eigenvalue weighted by Crippen LogP contribution is 2.39. The summed E-state index contributed by atoms with van der Waals surface area (Å²) in [6.07, 6.45) is -2.03. The highest BCUT2D eigenvalue weighted by molar-refractivity contribution is 5.76. The number of rotatable bonds is 2. The van der Waals surface area contributed by atoms with Gasteiger partial charge in [0, 0.05) is 12.8 Å². The normalized spacial score (nSPS) is 25.8. The number of carbonyl (C=O) groups is 2. The first-order chi connectivity index (χ1) is 8.54. The second kappa shape index (κ2) is 5.30. The average molecular weight is 279 g/mol. The minimum Gasteiger partial charge on any atom is -0.469 e. The van der Waals surface area contributed by atoms with E-state index >= 15 is 0 Å². The summed E-state index contributed by atoms with van der Waals surface area (Å²) in [5.74, 6) is -4.79. The maximum Gasteiger partial charge on any atom is 0.407 e. The fraction of sp³-hybridized carbons (Fsp3) is 0.833. The molecule has 7 heteroatoms. The van der Waals surface area contributed by atoms with Crippen LogP contribution in [0.25, 0.3) is 0 Å². The third kappa shape index (κ3) is 4.65. The number of hydrogen-bond acceptors (Lipinski definition) is 4. The smallest absolute Gasteiger partial charge is 0.407 e. The van der Waals surface area contributed by atoms with Crippen molar-refractivity contribution in [3.8, 4) is 0 Å². The van der Waals surface area contributed by atoms with Crippen LogP contribution in [-0.2, 0) is 14.3 Å². The topological polar surface area (TPSA) is 64.6 Å². The van der Waals surface area contributed by atoms with E-state index in [4.69, 9.17) is 4.74 Å². The summed E-state index contributed by atoms with van der Waals surface area (Å²) in [5, 5.41) is 2.31. The average Bonchev–Trinajstić information content (AvgIpc) is 2.49. The Labute approximate surface area is 110 Å². The van der Waals surface area contributed by atoms with Crippen LogP contribution in [0, 0.1) is 5.92 Å². The lowest BCUT2D eigenvalue weighted by Gasteiger charge is -2.23. The fourth-order valence-corrected chi connectivity index (χ4v) is 2.02. The predicted molar refractivity (Wildman–Crippen MR) is 62.8 cm³/mol. The third-order valence-electron chi connectivity index (χ3n) is 2.73. The summed E-state index contributed by atoms with van der Waals surface area (Å²) in [6, 6.07) is -0.975. The van der Waals surface area contributed by atoms with Gasteiger partial charge in [0.25, 0.3) is 5.92 Å². The van der Waals surface area contributed by atoms with Crippen LogP contribution in [0.5, 0.6) is 0 Å². The summed E-state index contributed by atoms with van der Waals surface area (Å²) in [7, 11) is 1.13. The van der Waals surface area contributed by atoms with E-state index < -0.39 is 48.4 Å². The van der Waals surface area contributed by atoms with Crippen molar-refractivity contribution in [3.63, 3.8) is 0 Å². The molecule has 1 aliphatic carbocycles. The van der Waals surface area contributed by atoms with Crippen LogP contribution < -0.4 is 5.32 Å². The van der Waals surface area contributed by atoms with Crippen molar-refractivity contribution in [2.75, 3.05) is 7.11 Å². The number of ether oxygens (including phenoxy) is 2. The van der Waals surface area contributed by atoms with Gasteiger partial charge in [-0.3, -0.25) is 4.79 Å². The molecule has 0 bridgehead atoms. The molecule has 1 fully saturated rings. The number of carbonyl (C=O) groups excluding carboxylic acids is 2. The summed E-state index contributed by atoms with van der Waals surface area (Å²) < 4.78 is 36.1. The molecule has 2 unspecified atom stereocenters. The number of alkyl carbamates (subject to hydrolysis) is 1. The molecule has 0 aromatic carbocycles. The first-order valence-corrected chi connectivity index (χ1v) is 5.99. The number of amides is 1. The van der Waals surface area contributed by atoms with Gasteiger partial charge in [-0.15, -0.1) is 0 Å². The van der Waals surface area contributed by atoms with E-state index in [-0.39, 0.29) is 0 Å². The highest BCUT2D eigenvalue weighted by atomic mass is 19.3. The van der Waals surface area contributed by atoms with Gasteiger partial charge < -0.3 is 14.8 Å². The van der Waals surface area contributed by atoms with Gasteiger partial charge in [0.15, 0.2) is 0 Å².